The Labute approximate surface area is 212 Å². The Kier molecular flexibility index (Phi) is 6.19. The van der Waals surface area contributed by atoms with Crippen LogP contribution in [-0.4, -0.2) is 28.4 Å². The number of rotatable bonds is 6. The third-order valence-corrected chi connectivity index (χ3v) is 7.00. The molecule has 10 heteroatoms. The molecule has 3 aromatic carbocycles. The Hall–Kier alpha value is -3.46. The largest absolute Gasteiger partial charge is 0.503 e. The van der Waals surface area contributed by atoms with Crippen molar-refractivity contribution >= 4 is 61.6 Å². The van der Waals surface area contributed by atoms with Gasteiger partial charge in [0, 0.05) is 5.02 Å². The van der Waals surface area contributed by atoms with Gasteiger partial charge >= 0.3 is 0 Å². The lowest BCUT2D eigenvalue weighted by atomic mass is 9.96. The maximum Gasteiger partial charge on any atom is 0.296 e. The second-order valence-corrected chi connectivity index (χ2v) is 9.50. The number of fused-ring (bicyclic) bond motifs is 1. The van der Waals surface area contributed by atoms with E-state index in [0.29, 0.717) is 21.1 Å². The van der Waals surface area contributed by atoms with Gasteiger partial charge in [-0.15, -0.1) is 0 Å². The number of aliphatic hydroxyl groups is 1. The summed E-state index contributed by atoms with van der Waals surface area (Å²) in [6.07, 6.45) is 0. The highest BCUT2D eigenvalue weighted by Crippen LogP contribution is 2.43. The number of benzene rings is 3. The molecule has 0 bridgehead atoms. The zero-order valence-corrected chi connectivity index (χ0v) is 20.1. The number of anilines is 1. The van der Waals surface area contributed by atoms with Crippen LogP contribution >= 0.6 is 34.5 Å². The number of ketones is 1. The standard InChI is InChI=1S/C25H15Cl2FN2O4S/c26-14-7-10-17-20(11-14)35-25(29-17)30-22(13-5-8-15(28)9-6-13)21(23(32)24(30)33)18(31)12-34-19-4-2-1-3-16(19)27/h1-11,22,32H,12H2. The monoisotopic (exact) mass is 528 g/mol. The van der Waals surface area contributed by atoms with Crippen molar-refractivity contribution in [2.45, 2.75) is 6.04 Å². The van der Waals surface area contributed by atoms with Crippen LogP contribution in [0, 0.1) is 5.82 Å². The molecule has 1 unspecified atom stereocenters. The van der Waals surface area contributed by atoms with Crippen LogP contribution < -0.4 is 9.64 Å². The summed E-state index contributed by atoms with van der Waals surface area (Å²) in [4.78, 5) is 32.2. The van der Waals surface area contributed by atoms with Crippen LogP contribution in [0.15, 0.2) is 78.1 Å². The van der Waals surface area contributed by atoms with Gasteiger partial charge in [-0.3, -0.25) is 14.5 Å². The average molecular weight is 529 g/mol. The summed E-state index contributed by atoms with van der Waals surface area (Å²) in [5, 5.41) is 11.9. The van der Waals surface area contributed by atoms with Crippen LogP contribution in [0.3, 0.4) is 0 Å². The number of nitrogens with zero attached hydrogens (tertiary/aromatic N) is 2. The van der Waals surface area contributed by atoms with Crippen LogP contribution in [0.2, 0.25) is 10.0 Å². The fourth-order valence-corrected chi connectivity index (χ4v) is 5.28. The van der Waals surface area contributed by atoms with Gasteiger partial charge in [0.2, 0.25) is 5.78 Å². The topological polar surface area (TPSA) is 79.7 Å². The SMILES string of the molecule is O=C(COc1ccccc1Cl)C1=C(O)C(=O)N(c2nc3ccc(Cl)cc3s2)C1c1ccc(F)cc1. The fraction of sp³-hybridized carbons (Fsp3) is 0.0800. The zero-order valence-electron chi connectivity index (χ0n) is 17.7. The van der Waals surface area contributed by atoms with Gasteiger partial charge in [0.1, 0.15) is 11.6 Å². The third-order valence-electron chi connectivity index (χ3n) is 5.43. The Balaban J connectivity index is 1.55. The number of thiazole rings is 1. The predicted molar refractivity (Wildman–Crippen MR) is 133 cm³/mol. The van der Waals surface area contributed by atoms with Crippen molar-refractivity contribution in [3.63, 3.8) is 0 Å². The van der Waals surface area contributed by atoms with Crippen LogP contribution in [-0.2, 0) is 9.59 Å². The van der Waals surface area contributed by atoms with Gasteiger partial charge in [-0.1, -0.05) is 58.8 Å². The van der Waals surface area contributed by atoms with Gasteiger partial charge in [-0.2, -0.15) is 0 Å². The molecular formula is C25H15Cl2FN2O4S. The molecule has 1 amide bonds. The molecule has 1 aromatic heterocycles. The first kappa shape index (κ1) is 23.3. The van der Waals surface area contributed by atoms with Crippen molar-refractivity contribution in [2.75, 3.05) is 11.5 Å². The number of halogens is 3. The second kappa shape index (κ2) is 9.30. The number of amides is 1. The van der Waals surface area contributed by atoms with Crippen LogP contribution in [0.1, 0.15) is 11.6 Å². The van der Waals surface area contributed by atoms with Crippen molar-refractivity contribution in [1.82, 2.24) is 4.98 Å². The Morgan fingerprint density at radius 3 is 2.60 bits per heavy atom. The lowest BCUT2D eigenvalue weighted by molar-refractivity contribution is -0.119. The quantitative estimate of drug-likeness (QED) is 0.318. The van der Waals surface area contributed by atoms with Crippen LogP contribution in [0.25, 0.3) is 10.2 Å². The summed E-state index contributed by atoms with van der Waals surface area (Å²) < 4.78 is 19.9. The molecule has 0 spiro atoms. The Bertz CT molecular complexity index is 1500. The number of hydrogen-bond donors (Lipinski definition) is 1. The van der Waals surface area contributed by atoms with Gasteiger partial charge in [0.25, 0.3) is 5.91 Å². The Morgan fingerprint density at radius 2 is 1.86 bits per heavy atom. The molecule has 2 heterocycles. The van der Waals surface area contributed by atoms with E-state index >= 15 is 0 Å². The van der Waals surface area contributed by atoms with E-state index in [2.05, 4.69) is 4.98 Å². The number of aromatic nitrogens is 1. The van der Waals surface area contributed by atoms with E-state index in [4.69, 9.17) is 27.9 Å². The molecule has 1 N–H and O–H groups in total. The molecule has 0 radical (unpaired) electrons. The van der Waals surface area contributed by atoms with Gasteiger partial charge in [0.05, 0.1) is 26.9 Å². The van der Waals surface area contributed by atoms with Gasteiger partial charge in [-0.25, -0.2) is 9.37 Å². The van der Waals surface area contributed by atoms with E-state index in [1.54, 1.807) is 42.5 Å². The maximum atomic E-state index is 13.7. The number of carbonyl (C=O) groups excluding carboxylic acids is 2. The summed E-state index contributed by atoms with van der Waals surface area (Å²) in [5.41, 5.74) is 0.842. The zero-order chi connectivity index (χ0) is 24.7. The minimum absolute atomic E-state index is 0.175. The first-order valence-electron chi connectivity index (χ1n) is 10.3. The first-order chi connectivity index (χ1) is 16.8. The number of para-hydroxylation sites is 1. The first-order valence-corrected chi connectivity index (χ1v) is 11.9. The summed E-state index contributed by atoms with van der Waals surface area (Å²) in [5.74, 6) is -2.35. The smallest absolute Gasteiger partial charge is 0.296 e. The van der Waals surface area contributed by atoms with E-state index in [9.17, 15) is 19.1 Å². The molecule has 0 saturated carbocycles. The lowest BCUT2D eigenvalue weighted by Crippen LogP contribution is -2.31. The number of hydrogen-bond acceptors (Lipinski definition) is 6. The minimum Gasteiger partial charge on any atom is -0.503 e. The molecule has 6 nitrogen and oxygen atoms in total. The van der Waals surface area contributed by atoms with Crippen molar-refractivity contribution in [2.24, 2.45) is 0 Å². The summed E-state index contributed by atoms with van der Waals surface area (Å²) in [6, 6.07) is 16.0. The van der Waals surface area contributed by atoms with Crippen LogP contribution in [0.5, 0.6) is 5.75 Å². The van der Waals surface area contributed by atoms with E-state index < -0.39 is 35.9 Å². The van der Waals surface area contributed by atoms with Gasteiger partial charge in [0.15, 0.2) is 17.5 Å². The van der Waals surface area contributed by atoms with Crippen molar-refractivity contribution in [3.05, 3.63) is 99.5 Å². The van der Waals surface area contributed by atoms with Crippen molar-refractivity contribution in [3.8, 4) is 5.75 Å². The van der Waals surface area contributed by atoms with Crippen molar-refractivity contribution in [1.29, 1.82) is 0 Å². The van der Waals surface area contributed by atoms with Crippen LogP contribution in [0.4, 0.5) is 9.52 Å². The summed E-state index contributed by atoms with van der Waals surface area (Å²) in [6.45, 7) is -0.475. The molecule has 35 heavy (non-hydrogen) atoms. The molecular weight excluding hydrogens is 514 g/mol. The third kappa shape index (κ3) is 4.36. The molecule has 1 aliphatic heterocycles. The second-order valence-electron chi connectivity index (χ2n) is 7.64. The molecule has 1 aliphatic rings. The predicted octanol–water partition coefficient (Wildman–Crippen LogP) is 6.29. The highest BCUT2D eigenvalue weighted by Gasteiger charge is 2.45. The number of Topliss-reactive ketones (excluding diaryl/α,β-unsaturated/α-hetero) is 1. The van der Waals surface area contributed by atoms with Gasteiger partial charge < -0.3 is 9.84 Å². The number of carbonyl (C=O) groups is 2. The molecule has 0 saturated heterocycles. The highest BCUT2D eigenvalue weighted by atomic mass is 35.5. The molecule has 0 aliphatic carbocycles. The number of ether oxygens (including phenoxy) is 1. The van der Waals surface area contributed by atoms with Crippen molar-refractivity contribution < 1.29 is 23.8 Å². The van der Waals surface area contributed by atoms with E-state index in [1.165, 1.54) is 40.5 Å². The Morgan fingerprint density at radius 1 is 1.11 bits per heavy atom. The van der Waals surface area contributed by atoms with E-state index in [-0.39, 0.29) is 16.5 Å². The summed E-state index contributed by atoms with van der Waals surface area (Å²) >= 11 is 13.4. The number of aliphatic hydroxyl groups excluding tert-OH is 1. The molecule has 4 aromatic rings. The normalized spacial score (nSPS) is 15.8. The van der Waals surface area contributed by atoms with E-state index in [1.807, 2.05) is 0 Å². The molecule has 0 fully saturated rings. The average Bonchev–Trinajstić information content (AvgIpc) is 3.36. The molecule has 176 valence electrons. The molecule has 5 rings (SSSR count). The maximum absolute atomic E-state index is 13.7. The fourth-order valence-electron chi connectivity index (χ4n) is 3.82. The summed E-state index contributed by atoms with van der Waals surface area (Å²) in [7, 11) is 0. The lowest BCUT2D eigenvalue weighted by Gasteiger charge is -2.24. The molecule has 1 atom stereocenters. The highest BCUT2D eigenvalue weighted by molar-refractivity contribution is 7.22. The van der Waals surface area contributed by atoms with E-state index in [0.717, 1.165) is 4.70 Å². The minimum atomic E-state index is -1.04. The van der Waals surface area contributed by atoms with Gasteiger partial charge in [-0.05, 0) is 48.0 Å².